The van der Waals surface area contributed by atoms with Gasteiger partial charge in [0, 0.05) is 24.1 Å². The van der Waals surface area contributed by atoms with E-state index < -0.39 is 11.7 Å². The number of piperidine rings is 1. The number of hydrogen-bond donors (Lipinski definition) is 3. The fourth-order valence-corrected chi connectivity index (χ4v) is 3.56. The molecule has 1 atom stereocenters. The Hall–Kier alpha value is -2.13. The number of carbonyl (C=O) groups excluding carboxylic acids is 3. The minimum Gasteiger partial charge on any atom is -0.444 e. The van der Waals surface area contributed by atoms with Gasteiger partial charge in [0.05, 0.1) is 18.2 Å². The maximum Gasteiger partial charge on any atom is 0.407 e. The van der Waals surface area contributed by atoms with Crippen LogP contribution in [0.15, 0.2) is 28.7 Å². The maximum absolute atomic E-state index is 12.5. The fourth-order valence-electron chi connectivity index (χ4n) is 3.18. The van der Waals surface area contributed by atoms with Crippen molar-refractivity contribution < 1.29 is 19.1 Å². The molecule has 0 spiro atoms. The number of para-hydroxylation sites is 1. The molecule has 1 fully saturated rings. The third kappa shape index (κ3) is 8.71. The lowest BCUT2D eigenvalue weighted by Gasteiger charge is -2.31. The first-order valence-electron chi connectivity index (χ1n) is 10.2. The van der Waals surface area contributed by atoms with E-state index in [1.165, 1.54) is 0 Å². The number of rotatable bonds is 7. The van der Waals surface area contributed by atoms with Crippen LogP contribution >= 0.6 is 15.9 Å². The van der Waals surface area contributed by atoms with Crippen LogP contribution in [-0.4, -0.2) is 61.1 Å². The second kappa shape index (κ2) is 11.3. The second-order valence-electron chi connectivity index (χ2n) is 8.32. The topological polar surface area (TPSA) is 99.8 Å². The Morgan fingerprint density at radius 2 is 1.87 bits per heavy atom. The molecule has 1 heterocycles. The SMILES string of the molecule is CC(C)(C)OC(=O)NCCNC(=O)C1CCCN(CC(=O)Nc2ccccc2Br)C1. The molecule has 30 heavy (non-hydrogen) atoms. The normalized spacial score (nSPS) is 17.1. The van der Waals surface area contributed by atoms with Gasteiger partial charge in [-0.05, 0) is 68.2 Å². The third-order valence-corrected chi connectivity index (χ3v) is 5.18. The minimum absolute atomic E-state index is 0.0584. The smallest absolute Gasteiger partial charge is 0.407 e. The van der Waals surface area contributed by atoms with Gasteiger partial charge < -0.3 is 20.7 Å². The highest BCUT2D eigenvalue weighted by molar-refractivity contribution is 9.10. The molecule has 0 saturated carbocycles. The summed E-state index contributed by atoms with van der Waals surface area (Å²) in [5.41, 5.74) is 0.174. The summed E-state index contributed by atoms with van der Waals surface area (Å²) in [6.45, 7) is 7.57. The van der Waals surface area contributed by atoms with Gasteiger partial charge in [0.2, 0.25) is 11.8 Å². The molecule has 0 bridgehead atoms. The predicted octanol–water partition coefficient (Wildman–Crippen LogP) is 2.74. The summed E-state index contributed by atoms with van der Waals surface area (Å²) in [5, 5.41) is 8.36. The van der Waals surface area contributed by atoms with Crippen molar-refractivity contribution in [2.45, 2.75) is 39.2 Å². The molecule has 1 aromatic carbocycles. The molecular formula is C21H31BrN4O4. The molecule has 3 amide bonds. The van der Waals surface area contributed by atoms with Crippen LogP contribution in [0.2, 0.25) is 0 Å². The van der Waals surface area contributed by atoms with Gasteiger partial charge in [0.15, 0.2) is 0 Å². The van der Waals surface area contributed by atoms with Crippen LogP contribution in [0.4, 0.5) is 10.5 Å². The van der Waals surface area contributed by atoms with E-state index in [1.54, 1.807) is 20.8 Å². The molecule has 1 unspecified atom stereocenters. The molecule has 1 aliphatic heterocycles. The zero-order valence-corrected chi connectivity index (χ0v) is 19.4. The fraction of sp³-hybridized carbons (Fsp3) is 0.571. The van der Waals surface area contributed by atoms with E-state index in [1.807, 2.05) is 29.2 Å². The first kappa shape index (κ1) is 24.1. The highest BCUT2D eigenvalue weighted by Gasteiger charge is 2.26. The van der Waals surface area contributed by atoms with Gasteiger partial charge in [0.25, 0.3) is 0 Å². The van der Waals surface area contributed by atoms with Gasteiger partial charge >= 0.3 is 6.09 Å². The van der Waals surface area contributed by atoms with E-state index in [-0.39, 0.29) is 24.3 Å². The highest BCUT2D eigenvalue weighted by atomic mass is 79.9. The Bertz CT molecular complexity index is 751. The molecule has 166 valence electrons. The molecule has 3 N–H and O–H groups in total. The van der Waals surface area contributed by atoms with E-state index in [4.69, 9.17) is 4.74 Å². The zero-order chi connectivity index (χ0) is 22.1. The lowest BCUT2D eigenvalue weighted by Crippen LogP contribution is -2.46. The molecule has 1 aliphatic rings. The number of carbonyl (C=O) groups is 3. The quantitative estimate of drug-likeness (QED) is 0.518. The van der Waals surface area contributed by atoms with Crippen LogP contribution in [0, 0.1) is 5.92 Å². The van der Waals surface area contributed by atoms with Crippen LogP contribution in [-0.2, 0) is 14.3 Å². The molecule has 9 heteroatoms. The molecule has 0 aliphatic carbocycles. The van der Waals surface area contributed by atoms with Crippen LogP contribution in [0.1, 0.15) is 33.6 Å². The number of alkyl carbamates (subject to hydrolysis) is 1. The molecule has 2 rings (SSSR count). The summed E-state index contributed by atoms with van der Waals surface area (Å²) in [5.74, 6) is -0.335. The largest absolute Gasteiger partial charge is 0.444 e. The molecule has 1 saturated heterocycles. The van der Waals surface area contributed by atoms with Crippen molar-refractivity contribution in [3.8, 4) is 0 Å². The van der Waals surface area contributed by atoms with Crippen LogP contribution in [0.3, 0.4) is 0 Å². The van der Waals surface area contributed by atoms with Crippen LogP contribution in [0.5, 0.6) is 0 Å². The van der Waals surface area contributed by atoms with Gasteiger partial charge in [-0.1, -0.05) is 12.1 Å². The summed E-state index contributed by atoms with van der Waals surface area (Å²) < 4.78 is 5.98. The zero-order valence-electron chi connectivity index (χ0n) is 17.8. The Morgan fingerprint density at radius 1 is 1.17 bits per heavy atom. The van der Waals surface area contributed by atoms with Crippen molar-refractivity contribution in [3.63, 3.8) is 0 Å². The summed E-state index contributed by atoms with van der Waals surface area (Å²) in [7, 11) is 0. The van der Waals surface area contributed by atoms with E-state index >= 15 is 0 Å². The number of ether oxygens (including phenoxy) is 1. The summed E-state index contributed by atoms with van der Waals surface area (Å²) in [4.78, 5) is 38.4. The number of nitrogens with one attached hydrogen (secondary N) is 3. The Kier molecular flexibility index (Phi) is 9.10. The number of likely N-dealkylation sites (tertiary alicyclic amines) is 1. The lowest BCUT2D eigenvalue weighted by atomic mass is 9.97. The summed E-state index contributed by atoms with van der Waals surface area (Å²) in [6, 6.07) is 7.45. The van der Waals surface area contributed by atoms with Crippen LogP contribution in [0.25, 0.3) is 0 Å². The number of amides is 3. The van der Waals surface area contributed by atoms with E-state index in [9.17, 15) is 14.4 Å². The first-order valence-corrected chi connectivity index (χ1v) is 10.9. The Labute approximate surface area is 186 Å². The lowest BCUT2D eigenvalue weighted by molar-refractivity contribution is -0.127. The Morgan fingerprint density at radius 3 is 2.57 bits per heavy atom. The minimum atomic E-state index is -0.554. The van der Waals surface area contributed by atoms with Crippen molar-refractivity contribution in [2.75, 3.05) is 38.0 Å². The highest BCUT2D eigenvalue weighted by Crippen LogP contribution is 2.21. The van der Waals surface area contributed by atoms with E-state index in [0.29, 0.717) is 19.6 Å². The van der Waals surface area contributed by atoms with Crippen LogP contribution < -0.4 is 16.0 Å². The maximum atomic E-state index is 12.5. The first-order chi connectivity index (χ1) is 14.1. The standard InChI is InChI=1S/C21H31BrN4O4/c1-21(2,3)30-20(29)24-11-10-23-19(28)15-7-6-12-26(13-15)14-18(27)25-17-9-5-4-8-16(17)22/h4-5,8-9,15H,6-7,10-14H2,1-3H3,(H,23,28)(H,24,29)(H,25,27). The van der Waals surface area contributed by atoms with Gasteiger partial charge in [-0.3, -0.25) is 14.5 Å². The number of benzene rings is 1. The van der Waals surface area contributed by atoms with Crippen molar-refractivity contribution in [1.29, 1.82) is 0 Å². The second-order valence-corrected chi connectivity index (χ2v) is 9.18. The summed E-state index contributed by atoms with van der Waals surface area (Å²) in [6.07, 6.45) is 1.14. The van der Waals surface area contributed by atoms with Gasteiger partial charge in [0.1, 0.15) is 5.60 Å². The molecule has 0 aromatic heterocycles. The monoisotopic (exact) mass is 482 g/mol. The number of anilines is 1. The van der Waals surface area contributed by atoms with Crippen molar-refractivity contribution >= 4 is 39.5 Å². The Balaban J connectivity index is 1.70. The van der Waals surface area contributed by atoms with Crippen molar-refractivity contribution in [1.82, 2.24) is 15.5 Å². The molecular weight excluding hydrogens is 452 g/mol. The number of nitrogens with zero attached hydrogens (tertiary/aromatic N) is 1. The third-order valence-electron chi connectivity index (χ3n) is 4.48. The van der Waals surface area contributed by atoms with E-state index in [2.05, 4.69) is 31.9 Å². The average molecular weight is 483 g/mol. The van der Waals surface area contributed by atoms with Gasteiger partial charge in [-0.15, -0.1) is 0 Å². The summed E-state index contributed by atoms with van der Waals surface area (Å²) >= 11 is 3.42. The number of hydrogen-bond acceptors (Lipinski definition) is 5. The van der Waals surface area contributed by atoms with E-state index in [0.717, 1.165) is 29.5 Å². The predicted molar refractivity (Wildman–Crippen MR) is 119 cm³/mol. The molecule has 8 nitrogen and oxygen atoms in total. The molecule has 1 aromatic rings. The van der Waals surface area contributed by atoms with Gasteiger partial charge in [-0.2, -0.15) is 0 Å². The van der Waals surface area contributed by atoms with Crippen molar-refractivity contribution in [3.05, 3.63) is 28.7 Å². The molecule has 0 radical (unpaired) electrons. The van der Waals surface area contributed by atoms with Crippen molar-refractivity contribution in [2.24, 2.45) is 5.92 Å². The number of halogens is 1. The van der Waals surface area contributed by atoms with Gasteiger partial charge in [-0.25, -0.2) is 4.79 Å². The average Bonchev–Trinajstić information content (AvgIpc) is 2.65.